The number of carbonyl (C=O) groups excluding carboxylic acids is 1. The lowest BCUT2D eigenvalue weighted by Crippen LogP contribution is -2.38. The fourth-order valence-corrected chi connectivity index (χ4v) is 6.69. The maximum Gasteiger partial charge on any atom is 0.261 e. The molecule has 0 unspecified atom stereocenters. The SMILES string of the molecule is O=C(NCCCN1CCOCC1)c1cc(NS(=O)(=O)c2ccccc2)ccc1N1CCC(Cc2ccccc2)CC1. The Bertz CT molecular complexity index is 1370. The largest absolute Gasteiger partial charge is 0.379 e. The molecule has 2 saturated heterocycles. The van der Waals surface area contributed by atoms with E-state index >= 15 is 0 Å². The average Bonchev–Trinajstić information content (AvgIpc) is 3.01. The van der Waals surface area contributed by atoms with Gasteiger partial charge in [0, 0.05) is 44.1 Å². The number of nitrogens with one attached hydrogen (secondary N) is 2. The van der Waals surface area contributed by atoms with Gasteiger partial charge in [-0.15, -0.1) is 0 Å². The van der Waals surface area contributed by atoms with Crippen LogP contribution in [0.25, 0.3) is 0 Å². The summed E-state index contributed by atoms with van der Waals surface area (Å²) in [6.07, 6.45) is 3.98. The van der Waals surface area contributed by atoms with Crippen molar-refractivity contribution in [1.82, 2.24) is 10.2 Å². The summed E-state index contributed by atoms with van der Waals surface area (Å²) in [5.74, 6) is 0.414. The summed E-state index contributed by atoms with van der Waals surface area (Å²) in [5.41, 5.74) is 3.07. The summed E-state index contributed by atoms with van der Waals surface area (Å²) in [7, 11) is -3.77. The van der Waals surface area contributed by atoms with Crippen LogP contribution in [0.4, 0.5) is 11.4 Å². The van der Waals surface area contributed by atoms with Gasteiger partial charge in [0.2, 0.25) is 0 Å². The Balaban J connectivity index is 1.28. The summed E-state index contributed by atoms with van der Waals surface area (Å²) < 4.78 is 34.0. The van der Waals surface area contributed by atoms with Crippen molar-refractivity contribution in [2.24, 2.45) is 5.92 Å². The average molecular weight is 577 g/mol. The zero-order valence-electron chi connectivity index (χ0n) is 23.5. The van der Waals surface area contributed by atoms with Crippen molar-refractivity contribution in [2.45, 2.75) is 30.6 Å². The Morgan fingerprint density at radius 3 is 2.27 bits per heavy atom. The van der Waals surface area contributed by atoms with Crippen LogP contribution < -0.4 is 14.9 Å². The fourth-order valence-electron chi connectivity index (χ4n) is 5.62. The van der Waals surface area contributed by atoms with Crippen LogP contribution in [0.15, 0.2) is 83.8 Å². The number of hydrogen-bond acceptors (Lipinski definition) is 6. The molecular weight excluding hydrogens is 536 g/mol. The molecule has 5 rings (SSSR count). The quantitative estimate of drug-likeness (QED) is 0.329. The van der Waals surface area contributed by atoms with E-state index in [-0.39, 0.29) is 10.8 Å². The number of amides is 1. The standard InChI is InChI=1S/C32H40N4O4S/c37-32(33-16-7-17-35-20-22-40-23-21-35)30-25-28(34-41(38,39)29-10-5-2-6-11-29)12-13-31(30)36-18-14-27(15-19-36)24-26-8-3-1-4-9-26/h1-6,8-13,25,27,34H,7,14-24H2,(H,33,37). The number of hydrogen-bond donors (Lipinski definition) is 2. The Kier molecular flexibility index (Phi) is 9.92. The highest BCUT2D eigenvalue weighted by Crippen LogP contribution is 2.31. The number of carbonyl (C=O) groups is 1. The number of anilines is 2. The van der Waals surface area contributed by atoms with Gasteiger partial charge in [0.05, 0.1) is 23.7 Å². The molecule has 0 spiro atoms. The third kappa shape index (κ3) is 8.09. The number of ether oxygens (including phenoxy) is 1. The molecule has 1 amide bonds. The predicted octanol–water partition coefficient (Wildman–Crippen LogP) is 4.40. The number of rotatable bonds is 11. The van der Waals surface area contributed by atoms with E-state index in [4.69, 9.17) is 4.74 Å². The highest BCUT2D eigenvalue weighted by molar-refractivity contribution is 7.92. The summed E-state index contributed by atoms with van der Waals surface area (Å²) in [5, 5.41) is 3.08. The summed E-state index contributed by atoms with van der Waals surface area (Å²) in [6.45, 7) is 6.50. The Hall–Kier alpha value is -3.40. The smallest absolute Gasteiger partial charge is 0.261 e. The lowest BCUT2D eigenvalue weighted by Gasteiger charge is -2.35. The van der Waals surface area contributed by atoms with Crippen molar-refractivity contribution >= 4 is 27.3 Å². The maximum absolute atomic E-state index is 13.5. The van der Waals surface area contributed by atoms with E-state index < -0.39 is 10.0 Å². The van der Waals surface area contributed by atoms with Gasteiger partial charge in [0.25, 0.3) is 15.9 Å². The lowest BCUT2D eigenvalue weighted by atomic mass is 9.89. The van der Waals surface area contributed by atoms with Crippen molar-refractivity contribution < 1.29 is 17.9 Å². The van der Waals surface area contributed by atoms with Gasteiger partial charge in [0.1, 0.15) is 0 Å². The molecule has 0 bridgehead atoms. The first-order chi connectivity index (χ1) is 20.0. The predicted molar refractivity (Wildman–Crippen MR) is 163 cm³/mol. The van der Waals surface area contributed by atoms with Crippen LogP contribution in [-0.2, 0) is 21.2 Å². The molecule has 0 saturated carbocycles. The Morgan fingerprint density at radius 2 is 1.56 bits per heavy atom. The van der Waals surface area contributed by atoms with Crippen molar-refractivity contribution in [3.8, 4) is 0 Å². The molecular formula is C32H40N4O4S. The van der Waals surface area contributed by atoms with E-state index in [1.165, 1.54) is 5.56 Å². The second-order valence-corrected chi connectivity index (χ2v) is 12.5. The van der Waals surface area contributed by atoms with E-state index in [0.29, 0.717) is 23.7 Å². The molecule has 3 aromatic rings. The minimum Gasteiger partial charge on any atom is -0.379 e. The first-order valence-electron chi connectivity index (χ1n) is 14.6. The van der Waals surface area contributed by atoms with Crippen LogP contribution >= 0.6 is 0 Å². The van der Waals surface area contributed by atoms with Gasteiger partial charge in [-0.2, -0.15) is 0 Å². The molecule has 2 fully saturated rings. The van der Waals surface area contributed by atoms with Gasteiger partial charge in [-0.25, -0.2) is 8.42 Å². The molecule has 0 aromatic heterocycles. The van der Waals surface area contributed by atoms with Crippen molar-refractivity contribution in [2.75, 3.05) is 62.1 Å². The van der Waals surface area contributed by atoms with Gasteiger partial charge >= 0.3 is 0 Å². The number of benzene rings is 3. The molecule has 2 N–H and O–H groups in total. The summed E-state index contributed by atoms with van der Waals surface area (Å²) >= 11 is 0. The van der Waals surface area contributed by atoms with E-state index in [2.05, 4.69) is 44.1 Å². The number of piperidine rings is 1. The number of nitrogens with zero attached hydrogens (tertiary/aromatic N) is 2. The zero-order chi connectivity index (χ0) is 28.5. The van der Waals surface area contributed by atoms with Crippen molar-refractivity contribution in [3.63, 3.8) is 0 Å². The fraction of sp³-hybridized carbons (Fsp3) is 0.406. The van der Waals surface area contributed by atoms with Crippen LogP contribution in [0.5, 0.6) is 0 Å². The summed E-state index contributed by atoms with van der Waals surface area (Å²) in [6, 6.07) is 24.1. The minimum atomic E-state index is -3.77. The van der Waals surface area contributed by atoms with Crippen molar-refractivity contribution in [3.05, 3.63) is 90.0 Å². The third-order valence-electron chi connectivity index (χ3n) is 7.91. The van der Waals surface area contributed by atoms with Crippen LogP contribution in [0.3, 0.4) is 0 Å². The zero-order valence-corrected chi connectivity index (χ0v) is 24.3. The van der Waals surface area contributed by atoms with Crippen LogP contribution in [0, 0.1) is 5.92 Å². The van der Waals surface area contributed by atoms with Crippen LogP contribution in [-0.4, -0.2) is 71.7 Å². The van der Waals surface area contributed by atoms with Crippen LogP contribution in [0.1, 0.15) is 35.2 Å². The Labute approximate surface area is 243 Å². The highest BCUT2D eigenvalue weighted by atomic mass is 32.2. The Morgan fingerprint density at radius 1 is 0.878 bits per heavy atom. The highest BCUT2D eigenvalue weighted by Gasteiger charge is 2.24. The molecule has 218 valence electrons. The van der Waals surface area contributed by atoms with E-state index in [0.717, 1.165) is 77.3 Å². The molecule has 0 atom stereocenters. The molecule has 2 aliphatic heterocycles. The molecule has 0 radical (unpaired) electrons. The monoisotopic (exact) mass is 576 g/mol. The first kappa shape index (κ1) is 29.1. The van der Waals surface area contributed by atoms with Crippen molar-refractivity contribution in [1.29, 1.82) is 0 Å². The topological polar surface area (TPSA) is 91.0 Å². The minimum absolute atomic E-state index is 0.179. The number of sulfonamides is 1. The van der Waals surface area contributed by atoms with Gasteiger partial charge < -0.3 is 15.0 Å². The first-order valence-corrected chi connectivity index (χ1v) is 16.1. The van der Waals surface area contributed by atoms with Gasteiger partial charge in [0.15, 0.2) is 0 Å². The molecule has 9 heteroatoms. The maximum atomic E-state index is 13.5. The summed E-state index contributed by atoms with van der Waals surface area (Å²) in [4.78, 5) is 18.3. The molecule has 2 heterocycles. The van der Waals surface area contributed by atoms with Gasteiger partial charge in [-0.1, -0.05) is 48.5 Å². The van der Waals surface area contributed by atoms with E-state index in [9.17, 15) is 13.2 Å². The normalized spacial score (nSPS) is 16.8. The van der Waals surface area contributed by atoms with E-state index in [1.807, 2.05) is 12.1 Å². The molecule has 41 heavy (non-hydrogen) atoms. The number of morpholine rings is 1. The van der Waals surface area contributed by atoms with E-state index in [1.54, 1.807) is 42.5 Å². The van der Waals surface area contributed by atoms with Gasteiger partial charge in [-0.3, -0.25) is 14.4 Å². The molecule has 2 aliphatic rings. The van der Waals surface area contributed by atoms with Crippen LogP contribution in [0.2, 0.25) is 0 Å². The lowest BCUT2D eigenvalue weighted by molar-refractivity contribution is 0.0374. The molecule has 3 aromatic carbocycles. The second kappa shape index (κ2) is 14.0. The molecule has 8 nitrogen and oxygen atoms in total. The third-order valence-corrected chi connectivity index (χ3v) is 9.31. The molecule has 0 aliphatic carbocycles. The van der Waals surface area contributed by atoms with Gasteiger partial charge in [-0.05, 0) is 74.0 Å². The second-order valence-electron chi connectivity index (χ2n) is 10.8.